The van der Waals surface area contributed by atoms with Crippen LogP contribution in [0.3, 0.4) is 0 Å². The maximum atomic E-state index is 13.2. The highest BCUT2D eigenvalue weighted by molar-refractivity contribution is 7.89. The molecule has 0 N–H and O–H groups in total. The van der Waals surface area contributed by atoms with Gasteiger partial charge in [-0.1, -0.05) is 29.3 Å². The molecule has 1 fully saturated rings. The zero-order chi connectivity index (χ0) is 21.9. The molecule has 0 spiro atoms. The number of likely N-dealkylation sites (N-methyl/N-ethyl adjacent to an activating group) is 1. The van der Waals surface area contributed by atoms with Crippen LogP contribution in [-0.4, -0.2) is 68.2 Å². The number of rotatable bonds is 6. The lowest BCUT2D eigenvalue weighted by atomic mass is 10.2. The van der Waals surface area contributed by atoms with Gasteiger partial charge in [-0.15, -0.1) is 0 Å². The van der Waals surface area contributed by atoms with Gasteiger partial charge < -0.3 is 4.90 Å². The fourth-order valence-electron chi connectivity index (χ4n) is 3.21. The monoisotopic (exact) mass is 473 g/mol. The van der Waals surface area contributed by atoms with E-state index in [-0.39, 0.29) is 23.2 Å². The van der Waals surface area contributed by atoms with Crippen LogP contribution in [0.1, 0.15) is 5.56 Å². The number of hydrogen-bond donors (Lipinski definition) is 0. The van der Waals surface area contributed by atoms with Gasteiger partial charge in [-0.2, -0.15) is 4.31 Å². The second-order valence-electron chi connectivity index (χ2n) is 7.11. The van der Waals surface area contributed by atoms with Gasteiger partial charge in [-0.3, -0.25) is 9.69 Å². The summed E-state index contributed by atoms with van der Waals surface area (Å²) in [5, 5.41) is 0.815. The summed E-state index contributed by atoms with van der Waals surface area (Å²) in [7, 11) is -2.39. The van der Waals surface area contributed by atoms with Gasteiger partial charge in [-0.25, -0.2) is 12.8 Å². The fraction of sp³-hybridized carbons (Fsp3) is 0.350. The second-order valence-corrected chi connectivity index (χ2v) is 10.00. The molecule has 0 bridgehead atoms. The highest BCUT2D eigenvalue weighted by Crippen LogP contribution is 2.20. The molecule has 0 aromatic heterocycles. The first kappa shape index (κ1) is 23.0. The van der Waals surface area contributed by atoms with Crippen LogP contribution in [0.4, 0.5) is 4.39 Å². The maximum absolute atomic E-state index is 13.2. The summed E-state index contributed by atoms with van der Waals surface area (Å²) in [6.07, 6.45) is 0. The Balaban J connectivity index is 1.54. The first-order valence-electron chi connectivity index (χ1n) is 9.33. The van der Waals surface area contributed by atoms with Gasteiger partial charge in [0, 0.05) is 49.8 Å². The van der Waals surface area contributed by atoms with Gasteiger partial charge >= 0.3 is 0 Å². The van der Waals surface area contributed by atoms with Crippen molar-refractivity contribution >= 4 is 39.1 Å². The summed E-state index contributed by atoms with van der Waals surface area (Å²) < 4.78 is 39.5. The summed E-state index contributed by atoms with van der Waals surface area (Å²) in [6, 6.07) is 10.1. The molecule has 1 aliphatic rings. The van der Waals surface area contributed by atoms with E-state index in [0.29, 0.717) is 42.8 Å². The van der Waals surface area contributed by atoms with E-state index in [9.17, 15) is 17.6 Å². The molecule has 162 valence electrons. The van der Waals surface area contributed by atoms with Crippen LogP contribution < -0.4 is 0 Å². The van der Waals surface area contributed by atoms with Crippen molar-refractivity contribution in [2.75, 3.05) is 39.8 Å². The second kappa shape index (κ2) is 9.62. The standard InChI is InChI=1S/C20H22Cl2FN3O3S/c1-24(30(28,29)18-6-3-16(21)4-7-18)14-20(27)26-10-8-25(9-11-26)13-15-2-5-17(23)12-19(15)22/h2-7,12H,8-11,13-14H2,1H3. The largest absolute Gasteiger partial charge is 0.339 e. The Bertz CT molecular complexity index is 1010. The van der Waals surface area contributed by atoms with E-state index in [4.69, 9.17) is 23.2 Å². The minimum absolute atomic E-state index is 0.0863. The molecule has 1 saturated heterocycles. The van der Waals surface area contributed by atoms with Crippen LogP contribution in [0, 0.1) is 5.82 Å². The molecule has 0 aliphatic carbocycles. The normalized spacial score (nSPS) is 15.6. The van der Waals surface area contributed by atoms with E-state index < -0.39 is 10.0 Å². The minimum Gasteiger partial charge on any atom is -0.339 e. The molecule has 1 aliphatic heterocycles. The lowest BCUT2D eigenvalue weighted by molar-refractivity contribution is -0.133. The summed E-state index contributed by atoms with van der Waals surface area (Å²) in [6.45, 7) is 2.51. The summed E-state index contributed by atoms with van der Waals surface area (Å²) >= 11 is 11.9. The van der Waals surface area contributed by atoms with Crippen LogP contribution in [0.2, 0.25) is 10.0 Å². The van der Waals surface area contributed by atoms with Crippen molar-refractivity contribution < 1.29 is 17.6 Å². The average Bonchev–Trinajstić information content (AvgIpc) is 2.71. The maximum Gasteiger partial charge on any atom is 0.243 e. The lowest BCUT2D eigenvalue weighted by Crippen LogP contribution is -2.51. The van der Waals surface area contributed by atoms with Gasteiger partial charge in [0.2, 0.25) is 15.9 Å². The predicted molar refractivity (Wildman–Crippen MR) is 115 cm³/mol. The van der Waals surface area contributed by atoms with Gasteiger partial charge in [0.05, 0.1) is 11.4 Å². The van der Waals surface area contributed by atoms with Gasteiger partial charge in [-0.05, 0) is 42.0 Å². The Morgan fingerprint density at radius 3 is 2.30 bits per heavy atom. The van der Waals surface area contributed by atoms with E-state index in [1.54, 1.807) is 11.0 Å². The van der Waals surface area contributed by atoms with Gasteiger partial charge in [0.15, 0.2) is 0 Å². The Kier molecular flexibility index (Phi) is 7.36. The Morgan fingerprint density at radius 1 is 1.07 bits per heavy atom. The summed E-state index contributed by atoms with van der Waals surface area (Å²) in [5.74, 6) is -0.633. The molecule has 1 amide bonds. The molecule has 3 rings (SSSR count). The van der Waals surface area contributed by atoms with Crippen molar-refractivity contribution in [3.05, 3.63) is 63.9 Å². The molecule has 0 atom stereocenters. The van der Waals surface area contributed by atoms with Crippen LogP contribution in [-0.2, 0) is 21.4 Å². The zero-order valence-corrected chi connectivity index (χ0v) is 18.7. The number of amides is 1. The van der Waals surface area contributed by atoms with Gasteiger partial charge in [0.25, 0.3) is 0 Å². The number of hydrogen-bond acceptors (Lipinski definition) is 4. The van der Waals surface area contributed by atoms with E-state index in [2.05, 4.69) is 4.90 Å². The molecule has 0 unspecified atom stereocenters. The van der Waals surface area contributed by atoms with Gasteiger partial charge in [0.1, 0.15) is 5.82 Å². The van der Waals surface area contributed by atoms with E-state index in [1.165, 1.54) is 43.4 Å². The van der Waals surface area contributed by atoms with Crippen molar-refractivity contribution in [1.29, 1.82) is 0 Å². The topological polar surface area (TPSA) is 60.9 Å². The molecular weight excluding hydrogens is 452 g/mol. The molecular formula is C20H22Cl2FN3O3S. The molecule has 10 heteroatoms. The summed E-state index contributed by atoms with van der Waals surface area (Å²) in [5.41, 5.74) is 0.826. The van der Waals surface area contributed by atoms with Crippen molar-refractivity contribution in [3.8, 4) is 0 Å². The van der Waals surface area contributed by atoms with E-state index in [1.807, 2.05) is 0 Å². The minimum atomic E-state index is -3.78. The number of nitrogens with zero attached hydrogens (tertiary/aromatic N) is 3. The van der Waals surface area contributed by atoms with E-state index in [0.717, 1.165) is 9.87 Å². The first-order chi connectivity index (χ1) is 14.2. The third-order valence-electron chi connectivity index (χ3n) is 5.01. The summed E-state index contributed by atoms with van der Waals surface area (Å²) in [4.78, 5) is 16.5. The third-order valence-corrected chi connectivity index (χ3v) is 7.44. The quantitative estimate of drug-likeness (QED) is 0.646. The van der Waals surface area contributed by atoms with Crippen LogP contribution in [0.15, 0.2) is 47.4 Å². The Morgan fingerprint density at radius 2 is 1.70 bits per heavy atom. The lowest BCUT2D eigenvalue weighted by Gasteiger charge is -2.35. The number of carbonyl (C=O) groups is 1. The third kappa shape index (κ3) is 5.50. The molecule has 0 radical (unpaired) electrons. The van der Waals surface area contributed by atoms with E-state index >= 15 is 0 Å². The van der Waals surface area contributed by atoms with Crippen LogP contribution in [0.25, 0.3) is 0 Å². The molecule has 2 aromatic rings. The number of halogens is 3. The fourth-order valence-corrected chi connectivity index (χ4v) is 4.68. The smallest absolute Gasteiger partial charge is 0.243 e. The van der Waals surface area contributed by atoms with Crippen molar-refractivity contribution in [1.82, 2.24) is 14.1 Å². The van der Waals surface area contributed by atoms with Crippen molar-refractivity contribution in [2.45, 2.75) is 11.4 Å². The Labute approximate surface area is 185 Å². The number of piperazine rings is 1. The number of carbonyl (C=O) groups excluding carboxylic acids is 1. The predicted octanol–water partition coefficient (Wildman–Crippen LogP) is 3.10. The molecule has 30 heavy (non-hydrogen) atoms. The Hall–Kier alpha value is -1.71. The van der Waals surface area contributed by atoms with Crippen LogP contribution in [0.5, 0.6) is 0 Å². The average molecular weight is 474 g/mol. The highest BCUT2D eigenvalue weighted by Gasteiger charge is 2.27. The molecule has 1 heterocycles. The molecule has 0 saturated carbocycles. The molecule has 6 nitrogen and oxygen atoms in total. The zero-order valence-electron chi connectivity index (χ0n) is 16.4. The van der Waals surface area contributed by atoms with Crippen molar-refractivity contribution in [3.63, 3.8) is 0 Å². The highest BCUT2D eigenvalue weighted by atomic mass is 35.5. The number of sulfonamides is 1. The number of benzene rings is 2. The van der Waals surface area contributed by atoms with Crippen LogP contribution >= 0.6 is 23.2 Å². The molecule has 2 aromatic carbocycles. The van der Waals surface area contributed by atoms with Crippen molar-refractivity contribution in [2.24, 2.45) is 0 Å². The first-order valence-corrected chi connectivity index (χ1v) is 11.5. The SMILES string of the molecule is CN(CC(=O)N1CCN(Cc2ccc(F)cc2Cl)CC1)S(=O)(=O)c1ccc(Cl)cc1.